The fraction of sp³-hybridized carbons (Fsp3) is 0.375. The van der Waals surface area contributed by atoms with Gasteiger partial charge in [-0.15, -0.1) is 0 Å². The van der Waals surface area contributed by atoms with Crippen molar-refractivity contribution in [3.05, 3.63) is 46.8 Å². The summed E-state index contributed by atoms with van der Waals surface area (Å²) in [7, 11) is 0. The van der Waals surface area contributed by atoms with Crippen molar-refractivity contribution in [2.24, 2.45) is 0 Å². The van der Waals surface area contributed by atoms with Gasteiger partial charge in [0.1, 0.15) is 5.56 Å². The number of carboxylic acids is 1. The smallest absolute Gasteiger partial charge is 0.339 e. The fourth-order valence-electron chi connectivity index (χ4n) is 2.45. The van der Waals surface area contributed by atoms with Crippen molar-refractivity contribution in [2.45, 2.75) is 40.0 Å². The average Bonchev–Trinajstić information content (AvgIpc) is 2.73. The van der Waals surface area contributed by atoms with E-state index >= 15 is 0 Å². The molecule has 0 saturated carbocycles. The Morgan fingerprint density at radius 1 is 1.25 bits per heavy atom. The van der Waals surface area contributed by atoms with E-state index in [1.807, 2.05) is 46.8 Å². The van der Waals surface area contributed by atoms with E-state index in [2.05, 4.69) is 11.2 Å². The molecule has 2 aromatic rings. The third-order valence-corrected chi connectivity index (χ3v) is 3.29. The quantitative estimate of drug-likeness (QED) is 0.910. The van der Waals surface area contributed by atoms with Crippen LogP contribution in [-0.2, 0) is 5.41 Å². The minimum atomic E-state index is -0.939. The molecule has 0 saturated heterocycles. The topological polar surface area (TPSA) is 55.1 Å². The number of rotatable bonds is 2. The number of carbonyl (C=O) groups is 1. The molecule has 1 heterocycles. The summed E-state index contributed by atoms with van der Waals surface area (Å²) in [6, 6.07) is 6.07. The number of hydrogen-bond acceptors (Lipinski definition) is 2. The maximum absolute atomic E-state index is 11.4. The number of nitrogens with zero attached hydrogens (tertiary/aromatic N) is 2. The molecule has 0 fully saturated rings. The average molecular weight is 272 g/mol. The lowest BCUT2D eigenvalue weighted by Crippen LogP contribution is -2.21. The molecule has 20 heavy (non-hydrogen) atoms. The van der Waals surface area contributed by atoms with Crippen LogP contribution < -0.4 is 0 Å². The van der Waals surface area contributed by atoms with Gasteiger partial charge in [0.25, 0.3) is 0 Å². The predicted octanol–water partition coefficient (Wildman–Crippen LogP) is 3.48. The van der Waals surface area contributed by atoms with Gasteiger partial charge in [0, 0.05) is 5.41 Å². The van der Waals surface area contributed by atoms with E-state index in [-0.39, 0.29) is 11.0 Å². The van der Waals surface area contributed by atoms with Crippen LogP contribution in [0.15, 0.2) is 24.4 Å². The number of carboxylic acid groups (broad SMARTS) is 1. The molecule has 0 bridgehead atoms. The highest BCUT2D eigenvalue weighted by molar-refractivity contribution is 5.89. The van der Waals surface area contributed by atoms with Crippen molar-refractivity contribution in [1.82, 2.24) is 9.78 Å². The summed E-state index contributed by atoms with van der Waals surface area (Å²) < 4.78 is 1.75. The lowest BCUT2D eigenvalue weighted by Gasteiger charge is -2.22. The Hall–Kier alpha value is -2.10. The molecule has 0 atom stereocenters. The molecule has 0 aliphatic carbocycles. The summed E-state index contributed by atoms with van der Waals surface area (Å²) in [6.45, 7) is 10.0. The zero-order chi connectivity index (χ0) is 15.1. The maximum atomic E-state index is 11.4. The minimum Gasteiger partial charge on any atom is -0.478 e. The summed E-state index contributed by atoms with van der Waals surface area (Å²) >= 11 is 0. The summed E-state index contributed by atoms with van der Waals surface area (Å²) in [5.74, 6) is -0.939. The Balaban J connectivity index is 2.72. The predicted molar refractivity (Wildman–Crippen MR) is 78.7 cm³/mol. The first-order valence-corrected chi connectivity index (χ1v) is 6.61. The molecule has 0 spiro atoms. The van der Waals surface area contributed by atoms with Crippen molar-refractivity contribution >= 4 is 5.97 Å². The van der Waals surface area contributed by atoms with Gasteiger partial charge in [-0.3, -0.25) is 0 Å². The zero-order valence-corrected chi connectivity index (χ0v) is 12.6. The van der Waals surface area contributed by atoms with Crippen LogP contribution in [0.3, 0.4) is 0 Å². The first-order chi connectivity index (χ1) is 9.21. The van der Waals surface area contributed by atoms with Gasteiger partial charge in [0.05, 0.1) is 17.6 Å². The van der Waals surface area contributed by atoms with E-state index in [0.29, 0.717) is 0 Å². The molecule has 106 valence electrons. The van der Waals surface area contributed by atoms with Gasteiger partial charge in [-0.1, -0.05) is 38.5 Å². The summed E-state index contributed by atoms with van der Waals surface area (Å²) in [5.41, 5.74) is 3.86. The molecule has 1 aromatic heterocycles. The van der Waals surface area contributed by atoms with Gasteiger partial charge in [-0.05, 0) is 25.5 Å². The Kier molecular flexibility index (Phi) is 3.42. The van der Waals surface area contributed by atoms with E-state index in [0.717, 1.165) is 16.9 Å². The van der Waals surface area contributed by atoms with Crippen LogP contribution in [0.4, 0.5) is 0 Å². The van der Waals surface area contributed by atoms with Crippen molar-refractivity contribution in [2.75, 3.05) is 0 Å². The number of hydrogen-bond donors (Lipinski definition) is 1. The van der Waals surface area contributed by atoms with Gasteiger partial charge in [0.15, 0.2) is 0 Å². The highest BCUT2D eigenvalue weighted by atomic mass is 16.4. The van der Waals surface area contributed by atoms with Gasteiger partial charge in [-0.25, -0.2) is 9.48 Å². The maximum Gasteiger partial charge on any atom is 0.339 e. The van der Waals surface area contributed by atoms with Crippen molar-refractivity contribution in [3.8, 4) is 5.69 Å². The molecule has 0 aliphatic heterocycles. The minimum absolute atomic E-state index is 0.262. The number of aromatic carboxylic acids is 1. The fourth-order valence-corrected chi connectivity index (χ4v) is 2.45. The van der Waals surface area contributed by atoms with E-state index in [1.54, 1.807) is 4.68 Å². The van der Waals surface area contributed by atoms with Gasteiger partial charge in [0.2, 0.25) is 0 Å². The van der Waals surface area contributed by atoms with Crippen molar-refractivity contribution < 1.29 is 9.90 Å². The second kappa shape index (κ2) is 4.78. The molecule has 0 aliphatic rings. The van der Waals surface area contributed by atoms with E-state index < -0.39 is 5.97 Å². The molecule has 2 rings (SSSR count). The second-order valence-electron chi connectivity index (χ2n) is 6.16. The van der Waals surface area contributed by atoms with E-state index in [9.17, 15) is 9.90 Å². The molecule has 0 unspecified atom stereocenters. The van der Waals surface area contributed by atoms with Gasteiger partial charge in [-0.2, -0.15) is 5.10 Å². The number of benzene rings is 1. The van der Waals surface area contributed by atoms with E-state index in [4.69, 9.17) is 0 Å². The molecule has 1 N–H and O–H groups in total. The monoisotopic (exact) mass is 272 g/mol. The highest BCUT2D eigenvalue weighted by Gasteiger charge is 2.28. The second-order valence-corrected chi connectivity index (χ2v) is 6.16. The Bertz CT molecular complexity index is 664. The first-order valence-electron chi connectivity index (χ1n) is 6.61. The molecule has 4 nitrogen and oxygen atoms in total. The van der Waals surface area contributed by atoms with Crippen LogP contribution in [0.25, 0.3) is 5.69 Å². The highest BCUT2D eigenvalue weighted by Crippen LogP contribution is 2.29. The number of aromatic nitrogens is 2. The molecule has 0 radical (unpaired) electrons. The Morgan fingerprint density at radius 2 is 1.90 bits per heavy atom. The van der Waals surface area contributed by atoms with Crippen LogP contribution in [-0.4, -0.2) is 20.9 Å². The summed E-state index contributed by atoms with van der Waals surface area (Å²) in [5, 5.41) is 13.6. The number of aryl methyl sites for hydroxylation is 2. The van der Waals surface area contributed by atoms with Crippen LogP contribution in [0.1, 0.15) is 48.0 Å². The van der Waals surface area contributed by atoms with Gasteiger partial charge < -0.3 is 5.11 Å². The normalized spacial score (nSPS) is 11.7. The lowest BCUT2D eigenvalue weighted by atomic mass is 9.89. The van der Waals surface area contributed by atoms with E-state index in [1.165, 1.54) is 11.8 Å². The van der Waals surface area contributed by atoms with Crippen LogP contribution in [0.2, 0.25) is 0 Å². The van der Waals surface area contributed by atoms with Crippen LogP contribution >= 0.6 is 0 Å². The standard InChI is InChI=1S/C16H20N2O2/c1-10-6-7-13(11(2)8-10)18-14(16(3,4)5)12(9-17-18)15(19)20/h6-9H,1-5H3,(H,19,20). The SMILES string of the molecule is Cc1ccc(-n2ncc(C(=O)O)c2C(C)(C)C)c(C)c1. The van der Waals surface area contributed by atoms with Crippen molar-refractivity contribution in [1.29, 1.82) is 0 Å². The molecular formula is C16H20N2O2. The molecule has 1 aromatic carbocycles. The van der Waals surface area contributed by atoms with Crippen LogP contribution in [0, 0.1) is 13.8 Å². The third-order valence-electron chi connectivity index (χ3n) is 3.29. The summed E-state index contributed by atoms with van der Waals surface area (Å²) in [6.07, 6.45) is 1.43. The summed E-state index contributed by atoms with van der Waals surface area (Å²) in [4.78, 5) is 11.4. The third kappa shape index (κ3) is 2.46. The molecule has 4 heteroatoms. The van der Waals surface area contributed by atoms with Crippen LogP contribution in [0.5, 0.6) is 0 Å². The Labute approximate surface area is 119 Å². The molecule has 0 amide bonds. The Morgan fingerprint density at radius 3 is 2.40 bits per heavy atom. The molecular weight excluding hydrogens is 252 g/mol. The lowest BCUT2D eigenvalue weighted by molar-refractivity contribution is 0.0694. The van der Waals surface area contributed by atoms with Gasteiger partial charge >= 0.3 is 5.97 Å². The largest absolute Gasteiger partial charge is 0.478 e. The first kappa shape index (κ1) is 14.3. The zero-order valence-electron chi connectivity index (χ0n) is 12.6. The van der Waals surface area contributed by atoms with Crippen molar-refractivity contribution in [3.63, 3.8) is 0 Å².